The second-order valence-electron chi connectivity index (χ2n) is 4.27. The van der Waals surface area contributed by atoms with Gasteiger partial charge in [0.2, 0.25) is 0 Å². The van der Waals surface area contributed by atoms with Gasteiger partial charge in [0.05, 0.1) is 6.04 Å². The fraction of sp³-hybridized carbons (Fsp3) is 0.286. The first kappa shape index (κ1) is 13.7. The van der Waals surface area contributed by atoms with Crippen LogP contribution in [0.5, 0.6) is 0 Å². The number of hydrogen-bond donors (Lipinski definition) is 1. The molecule has 0 saturated carbocycles. The van der Waals surface area contributed by atoms with Crippen LogP contribution in [0.2, 0.25) is 5.02 Å². The summed E-state index contributed by atoms with van der Waals surface area (Å²) in [7, 11) is 0. The van der Waals surface area contributed by atoms with Crippen molar-refractivity contribution in [2.24, 2.45) is 0 Å². The number of nitrogens with one attached hydrogen (secondary N) is 1. The van der Waals surface area contributed by atoms with Crippen molar-refractivity contribution in [2.45, 2.75) is 25.9 Å². The lowest BCUT2D eigenvalue weighted by Gasteiger charge is -2.19. The SMILES string of the molecule is CC(N[C@H](C)c1ccccc1Cl)c1ccc(Br)o1. The third-order valence-electron chi connectivity index (χ3n) is 2.89. The van der Waals surface area contributed by atoms with Gasteiger partial charge in [0.15, 0.2) is 4.67 Å². The van der Waals surface area contributed by atoms with Gasteiger partial charge in [-0.2, -0.15) is 0 Å². The summed E-state index contributed by atoms with van der Waals surface area (Å²) in [5.74, 6) is 0.903. The first-order valence-corrected chi connectivity index (χ1v) is 7.00. The van der Waals surface area contributed by atoms with Gasteiger partial charge in [-0.25, -0.2) is 0 Å². The minimum Gasteiger partial charge on any atom is -0.453 e. The molecule has 0 aliphatic carbocycles. The maximum Gasteiger partial charge on any atom is 0.169 e. The summed E-state index contributed by atoms with van der Waals surface area (Å²) >= 11 is 9.49. The second kappa shape index (κ2) is 5.91. The van der Waals surface area contributed by atoms with Gasteiger partial charge in [-0.15, -0.1) is 0 Å². The van der Waals surface area contributed by atoms with Crippen LogP contribution in [-0.2, 0) is 0 Å². The van der Waals surface area contributed by atoms with Crippen molar-refractivity contribution in [2.75, 3.05) is 0 Å². The van der Waals surface area contributed by atoms with E-state index in [4.69, 9.17) is 16.0 Å². The van der Waals surface area contributed by atoms with Crippen LogP contribution in [0, 0.1) is 0 Å². The molecule has 2 rings (SSSR count). The molecule has 18 heavy (non-hydrogen) atoms. The standard InChI is InChI=1S/C14H15BrClNO/c1-9(11-5-3-4-6-12(11)16)17-10(2)13-7-8-14(15)18-13/h3-10,17H,1-2H3/t9-,10?/m1/s1. The molecular weight excluding hydrogens is 314 g/mol. The molecule has 1 N–H and O–H groups in total. The molecule has 1 aromatic carbocycles. The highest BCUT2D eigenvalue weighted by Crippen LogP contribution is 2.26. The highest BCUT2D eigenvalue weighted by Gasteiger charge is 2.15. The second-order valence-corrected chi connectivity index (χ2v) is 5.46. The molecule has 0 aliphatic rings. The molecule has 0 spiro atoms. The van der Waals surface area contributed by atoms with Crippen molar-refractivity contribution in [3.8, 4) is 0 Å². The van der Waals surface area contributed by atoms with Crippen LogP contribution >= 0.6 is 27.5 Å². The van der Waals surface area contributed by atoms with Crippen molar-refractivity contribution in [1.82, 2.24) is 5.32 Å². The molecule has 4 heteroatoms. The lowest BCUT2D eigenvalue weighted by molar-refractivity contribution is 0.394. The summed E-state index contributed by atoms with van der Waals surface area (Å²) in [4.78, 5) is 0. The molecule has 0 bridgehead atoms. The third kappa shape index (κ3) is 3.16. The molecule has 0 fully saturated rings. The Labute approximate surface area is 120 Å². The first-order chi connectivity index (χ1) is 8.58. The summed E-state index contributed by atoms with van der Waals surface area (Å²) < 4.78 is 6.28. The van der Waals surface area contributed by atoms with E-state index in [-0.39, 0.29) is 12.1 Å². The molecular formula is C14H15BrClNO. The number of furan rings is 1. The smallest absolute Gasteiger partial charge is 0.169 e. The Hall–Kier alpha value is -0.770. The van der Waals surface area contributed by atoms with E-state index in [1.165, 1.54) is 0 Å². The number of rotatable bonds is 4. The van der Waals surface area contributed by atoms with E-state index in [1.54, 1.807) is 0 Å². The van der Waals surface area contributed by atoms with Gasteiger partial charge in [-0.3, -0.25) is 0 Å². The highest BCUT2D eigenvalue weighted by atomic mass is 79.9. The van der Waals surface area contributed by atoms with Gasteiger partial charge in [0.25, 0.3) is 0 Å². The lowest BCUT2D eigenvalue weighted by atomic mass is 10.1. The van der Waals surface area contributed by atoms with E-state index in [9.17, 15) is 0 Å². The van der Waals surface area contributed by atoms with E-state index in [2.05, 4.69) is 35.1 Å². The van der Waals surface area contributed by atoms with Crippen LogP contribution in [-0.4, -0.2) is 0 Å². The molecule has 1 unspecified atom stereocenters. The zero-order valence-electron chi connectivity index (χ0n) is 10.3. The van der Waals surface area contributed by atoms with Crippen molar-refractivity contribution in [1.29, 1.82) is 0 Å². The number of benzene rings is 1. The predicted molar refractivity (Wildman–Crippen MR) is 77.8 cm³/mol. The van der Waals surface area contributed by atoms with Gasteiger partial charge < -0.3 is 9.73 Å². The molecule has 1 aromatic heterocycles. The average molecular weight is 329 g/mol. The van der Waals surface area contributed by atoms with Crippen molar-refractivity contribution < 1.29 is 4.42 Å². The van der Waals surface area contributed by atoms with Crippen LogP contribution in [0.15, 0.2) is 45.5 Å². The van der Waals surface area contributed by atoms with Crippen molar-refractivity contribution in [3.05, 3.63) is 57.4 Å². The van der Waals surface area contributed by atoms with Crippen LogP contribution in [0.1, 0.15) is 37.3 Å². The van der Waals surface area contributed by atoms with E-state index in [1.807, 2.05) is 36.4 Å². The minimum atomic E-state index is 0.127. The van der Waals surface area contributed by atoms with E-state index in [0.29, 0.717) is 0 Å². The Morgan fingerprint density at radius 3 is 2.44 bits per heavy atom. The first-order valence-electron chi connectivity index (χ1n) is 5.83. The number of hydrogen-bond acceptors (Lipinski definition) is 2. The highest BCUT2D eigenvalue weighted by molar-refractivity contribution is 9.10. The van der Waals surface area contributed by atoms with Crippen LogP contribution < -0.4 is 5.32 Å². The quantitative estimate of drug-likeness (QED) is 0.844. The van der Waals surface area contributed by atoms with Crippen molar-refractivity contribution in [3.63, 3.8) is 0 Å². The minimum absolute atomic E-state index is 0.127. The normalized spacial score (nSPS) is 14.4. The Bertz CT molecular complexity index is 526. The molecule has 0 radical (unpaired) electrons. The fourth-order valence-electron chi connectivity index (χ4n) is 1.93. The summed E-state index contributed by atoms with van der Waals surface area (Å²) in [6.45, 7) is 4.16. The van der Waals surface area contributed by atoms with Gasteiger partial charge in [-0.05, 0) is 53.5 Å². The third-order valence-corrected chi connectivity index (χ3v) is 3.66. The molecule has 0 amide bonds. The maximum absolute atomic E-state index is 6.18. The predicted octanol–water partition coefficient (Wildman–Crippen LogP) is 5.11. The molecule has 0 saturated heterocycles. The number of halogens is 2. The molecule has 2 aromatic rings. The Morgan fingerprint density at radius 1 is 1.11 bits per heavy atom. The molecule has 1 heterocycles. The summed E-state index contributed by atoms with van der Waals surface area (Å²) in [5, 5.41) is 4.25. The zero-order valence-corrected chi connectivity index (χ0v) is 12.6. The lowest BCUT2D eigenvalue weighted by Crippen LogP contribution is -2.22. The van der Waals surface area contributed by atoms with Gasteiger partial charge in [0, 0.05) is 11.1 Å². The van der Waals surface area contributed by atoms with E-state index in [0.717, 1.165) is 21.0 Å². The van der Waals surface area contributed by atoms with Crippen LogP contribution in [0.4, 0.5) is 0 Å². The topological polar surface area (TPSA) is 25.2 Å². The van der Waals surface area contributed by atoms with E-state index < -0.39 is 0 Å². The van der Waals surface area contributed by atoms with E-state index >= 15 is 0 Å². The summed E-state index contributed by atoms with van der Waals surface area (Å²) in [6.07, 6.45) is 0. The summed E-state index contributed by atoms with van der Waals surface area (Å²) in [5.41, 5.74) is 1.09. The van der Waals surface area contributed by atoms with Gasteiger partial charge in [-0.1, -0.05) is 29.8 Å². The molecule has 96 valence electrons. The van der Waals surface area contributed by atoms with Crippen LogP contribution in [0.25, 0.3) is 0 Å². The monoisotopic (exact) mass is 327 g/mol. The zero-order chi connectivity index (χ0) is 13.1. The Balaban J connectivity index is 2.08. The maximum atomic E-state index is 6.18. The fourth-order valence-corrected chi connectivity index (χ4v) is 2.55. The molecule has 2 nitrogen and oxygen atoms in total. The molecule has 2 atom stereocenters. The molecule has 0 aliphatic heterocycles. The largest absolute Gasteiger partial charge is 0.453 e. The van der Waals surface area contributed by atoms with Crippen molar-refractivity contribution >= 4 is 27.5 Å². The van der Waals surface area contributed by atoms with Crippen LogP contribution in [0.3, 0.4) is 0 Å². The Kier molecular flexibility index (Phi) is 4.49. The Morgan fingerprint density at radius 2 is 1.83 bits per heavy atom. The van der Waals surface area contributed by atoms with Gasteiger partial charge >= 0.3 is 0 Å². The summed E-state index contributed by atoms with van der Waals surface area (Å²) in [6, 6.07) is 12.0. The average Bonchev–Trinajstić information content (AvgIpc) is 2.76. The van der Waals surface area contributed by atoms with Gasteiger partial charge in [0.1, 0.15) is 5.76 Å².